The standard InChI is InChI=1S/C29H34F6O4/c1-17-9-11-21(13-19(17)15-23(36)38-25(3,4)5)27(28(30,31)32,29(33,34)35)22-12-10-18(2)20(14-22)16-24(37)39-26(6,7)8/h9-14H,15-16H2,1-8H3. The van der Waals surface area contributed by atoms with Crippen LogP contribution in [0, 0.1) is 13.8 Å². The molecule has 2 rings (SSSR count). The van der Waals surface area contributed by atoms with Crippen LogP contribution in [0.4, 0.5) is 26.3 Å². The number of aryl methyl sites for hydroxylation is 2. The topological polar surface area (TPSA) is 52.6 Å². The van der Waals surface area contributed by atoms with Gasteiger partial charge in [0.25, 0.3) is 0 Å². The van der Waals surface area contributed by atoms with Crippen molar-refractivity contribution in [3.63, 3.8) is 0 Å². The van der Waals surface area contributed by atoms with Gasteiger partial charge < -0.3 is 9.47 Å². The molecular weight excluding hydrogens is 526 g/mol. The van der Waals surface area contributed by atoms with Gasteiger partial charge in [-0.05, 0) is 88.8 Å². The monoisotopic (exact) mass is 560 g/mol. The SMILES string of the molecule is Cc1ccc(C(c2ccc(C)c(CC(=O)OC(C)(C)C)c2)(C(F)(F)F)C(F)(F)F)cc1CC(=O)OC(C)(C)C. The van der Waals surface area contributed by atoms with Gasteiger partial charge in [0.05, 0.1) is 12.8 Å². The first-order valence-corrected chi connectivity index (χ1v) is 12.2. The van der Waals surface area contributed by atoms with Gasteiger partial charge in [0.2, 0.25) is 5.41 Å². The average molecular weight is 561 g/mol. The molecule has 0 aliphatic carbocycles. The average Bonchev–Trinajstić information content (AvgIpc) is 2.68. The van der Waals surface area contributed by atoms with E-state index in [0.29, 0.717) is 11.1 Å². The van der Waals surface area contributed by atoms with Crippen LogP contribution in [0.15, 0.2) is 36.4 Å². The van der Waals surface area contributed by atoms with Crippen molar-refractivity contribution < 1.29 is 45.4 Å². The molecule has 2 aromatic carbocycles. The van der Waals surface area contributed by atoms with E-state index >= 15 is 0 Å². The highest BCUT2D eigenvalue weighted by Gasteiger charge is 2.72. The molecule has 0 unspecified atom stereocenters. The van der Waals surface area contributed by atoms with Gasteiger partial charge >= 0.3 is 24.3 Å². The van der Waals surface area contributed by atoms with Crippen molar-refractivity contribution in [1.29, 1.82) is 0 Å². The number of carbonyl (C=O) groups is 2. The van der Waals surface area contributed by atoms with Crippen molar-refractivity contribution in [2.45, 2.75) is 97.2 Å². The maximum atomic E-state index is 14.8. The predicted molar refractivity (Wildman–Crippen MR) is 134 cm³/mol. The minimum atomic E-state index is -5.83. The summed E-state index contributed by atoms with van der Waals surface area (Å²) in [6.07, 6.45) is -12.7. The van der Waals surface area contributed by atoms with E-state index < -0.39 is 64.9 Å². The summed E-state index contributed by atoms with van der Waals surface area (Å²) in [7, 11) is 0. The lowest BCUT2D eigenvalue weighted by atomic mass is 9.71. The zero-order valence-corrected chi connectivity index (χ0v) is 23.3. The molecule has 0 aliphatic rings. The summed E-state index contributed by atoms with van der Waals surface area (Å²) in [4.78, 5) is 24.8. The van der Waals surface area contributed by atoms with Crippen LogP contribution in [-0.2, 0) is 37.3 Å². The van der Waals surface area contributed by atoms with E-state index in [4.69, 9.17) is 9.47 Å². The zero-order chi connectivity index (χ0) is 30.2. The quantitative estimate of drug-likeness (QED) is 0.272. The molecule has 0 fully saturated rings. The molecule has 0 aliphatic heterocycles. The molecule has 0 heterocycles. The molecule has 0 saturated heterocycles. The Balaban J connectivity index is 2.77. The fraction of sp³-hybridized carbons (Fsp3) is 0.517. The minimum Gasteiger partial charge on any atom is -0.460 e. The largest absolute Gasteiger partial charge is 0.460 e. The third kappa shape index (κ3) is 7.54. The highest BCUT2D eigenvalue weighted by Crippen LogP contribution is 2.56. The van der Waals surface area contributed by atoms with E-state index in [1.54, 1.807) is 41.5 Å². The molecule has 216 valence electrons. The van der Waals surface area contributed by atoms with Gasteiger partial charge in [-0.25, -0.2) is 0 Å². The number of hydrogen-bond acceptors (Lipinski definition) is 4. The Morgan fingerprint density at radius 3 is 1.18 bits per heavy atom. The third-order valence-electron chi connectivity index (χ3n) is 5.92. The van der Waals surface area contributed by atoms with Crippen molar-refractivity contribution >= 4 is 11.9 Å². The first-order chi connectivity index (χ1) is 17.5. The summed E-state index contributed by atoms with van der Waals surface area (Å²) in [6.45, 7) is 12.5. The molecule has 4 nitrogen and oxygen atoms in total. The highest BCUT2D eigenvalue weighted by molar-refractivity contribution is 5.74. The summed E-state index contributed by atoms with van der Waals surface area (Å²) in [5.74, 6) is -1.58. The Hall–Kier alpha value is -3.04. The van der Waals surface area contributed by atoms with E-state index in [1.807, 2.05) is 0 Å². The van der Waals surface area contributed by atoms with Crippen LogP contribution in [0.1, 0.15) is 74.9 Å². The maximum absolute atomic E-state index is 14.8. The van der Waals surface area contributed by atoms with Crippen LogP contribution >= 0.6 is 0 Å². The van der Waals surface area contributed by atoms with E-state index in [2.05, 4.69) is 0 Å². The lowest BCUT2D eigenvalue weighted by molar-refractivity contribution is -0.288. The second-order valence-corrected chi connectivity index (χ2v) is 11.6. The fourth-order valence-corrected chi connectivity index (χ4v) is 4.24. The minimum absolute atomic E-state index is 0.0271. The lowest BCUT2D eigenvalue weighted by Gasteiger charge is -2.39. The number of ether oxygens (including phenoxy) is 2. The van der Waals surface area contributed by atoms with E-state index in [1.165, 1.54) is 13.8 Å². The van der Waals surface area contributed by atoms with E-state index in [-0.39, 0.29) is 11.1 Å². The van der Waals surface area contributed by atoms with Crippen LogP contribution < -0.4 is 0 Å². The Bertz CT molecular complexity index is 1120. The zero-order valence-electron chi connectivity index (χ0n) is 23.3. The molecule has 0 saturated carbocycles. The van der Waals surface area contributed by atoms with Crippen LogP contribution in [0.2, 0.25) is 0 Å². The van der Waals surface area contributed by atoms with Crippen molar-refractivity contribution in [3.8, 4) is 0 Å². The maximum Gasteiger partial charge on any atom is 0.411 e. The smallest absolute Gasteiger partial charge is 0.411 e. The molecule has 2 aromatic rings. The Labute approximate surface area is 224 Å². The van der Waals surface area contributed by atoms with Crippen molar-refractivity contribution in [3.05, 3.63) is 69.8 Å². The number of carbonyl (C=O) groups excluding carboxylic acids is 2. The molecule has 0 aromatic heterocycles. The summed E-state index contributed by atoms with van der Waals surface area (Å²) in [5, 5.41) is 0. The van der Waals surface area contributed by atoms with Gasteiger partial charge in [-0.1, -0.05) is 36.4 Å². The van der Waals surface area contributed by atoms with Crippen LogP contribution in [0.3, 0.4) is 0 Å². The summed E-state index contributed by atoms with van der Waals surface area (Å²) >= 11 is 0. The van der Waals surface area contributed by atoms with Crippen molar-refractivity contribution in [2.24, 2.45) is 0 Å². The third-order valence-corrected chi connectivity index (χ3v) is 5.92. The fourth-order valence-electron chi connectivity index (χ4n) is 4.24. The molecule has 0 amide bonds. The molecule has 10 heteroatoms. The molecule has 0 radical (unpaired) electrons. The van der Waals surface area contributed by atoms with Crippen molar-refractivity contribution in [1.82, 2.24) is 0 Å². The molecule has 0 bridgehead atoms. The summed E-state index contributed by atoms with van der Waals surface area (Å²) in [5.41, 5.74) is -7.81. The van der Waals surface area contributed by atoms with E-state index in [0.717, 1.165) is 36.4 Å². The number of alkyl halides is 6. The molecule has 0 atom stereocenters. The Morgan fingerprint density at radius 1 is 0.615 bits per heavy atom. The molecule has 39 heavy (non-hydrogen) atoms. The normalized spacial score (nSPS) is 13.3. The second-order valence-electron chi connectivity index (χ2n) is 11.6. The van der Waals surface area contributed by atoms with Crippen LogP contribution in [0.25, 0.3) is 0 Å². The molecule has 0 spiro atoms. The van der Waals surface area contributed by atoms with Gasteiger partial charge in [-0.15, -0.1) is 0 Å². The predicted octanol–water partition coefficient (Wildman–Crippen LogP) is 7.48. The van der Waals surface area contributed by atoms with Crippen LogP contribution in [0.5, 0.6) is 0 Å². The van der Waals surface area contributed by atoms with Gasteiger partial charge in [0, 0.05) is 0 Å². The Morgan fingerprint density at radius 2 is 0.923 bits per heavy atom. The van der Waals surface area contributed by atoms with Crippen molar-refractivity contribution in [2.75, 3.05) is 0 Å². The van der Waals surface area contributed by atoms with Gasteiger partial charge in [-0.3, -0.25) is 9.59 Å². The first-order valence-electron chi connectivity index (χ1n) is 12.2. The lowest BCUT2D eigenvalue weighted by Crippen LogP contribution is -2.55. The van der Waals surface area contributed by atoms with Gasteiger partial charge in [-0.2, -0.15) is 26.3 Å². The second kappa shape index (κ2) is 10.8. The van der Waals surface area contributed by atoms with Gasteiger partial charge in [0.1, 0.15) is 11.2 Å². The first kappa shape index (κ1) is 32.2. The summed E-state index contributed by atoms with van der Waals surface area (Å²) in [6, 6.07) is 5.29. The number of benzene rings is 2. The number of rotatable bonds is 6. The molecule has 0 N–H and O–H groups in total. The van der Waals surface area contributed by atoms with E-state index in [9.17, 15) is 35.9 Å². The number of esters is 2. The Kier molecular flexibility index (Phi) is 8.95. The number of hydrogen-bond donors (Lipinski definition) is 0. The van der Waals surface area contributed by atoms with Crippen LogP contribution in [-0.4, -0.2) is 35.5 Å². The number of halogens is 6. The molecular formula is C29H34F6O4. The van der Waals surface area contributed by atoms with Gasteiger partial charge in [0.15, 0.2) is 0 Å². The highest BCUT2D eigenvalue weighted by atomic mass is 19.4. The summed E-state index contributed by atoms with van der Waals surface area (Å²) < 4.78 is 99.1.